The van der Waals surface area contributed by atoms with Crippen LogP contribution in [0.5, 0.6) is 5.75 Å². The molecule has 3 atom stereocenters. The Balaban J connectivity index is 1.49. The first-order valence-corrected chi connectivity index (χ1v) is 10.8. The molecular weight excluding hydrogens is 392 g/mol. The molecule has 3 rings (SSSR count). The highest BCUT2D eigenvalue weighted by atomic mass is 32.2. The van der Waals surface area contributed by atoms with E-state index in [1.54, 1.807) is 7.11 Å². The predicted octanol–water partition coefficient (Wildman–Crippen LogP) is 3.30. The summed E-state index contributed by atoms with van der Waals surface area (Å²) in [7, 11) is 1.61. The minimum atomic E-state index is -0.342. The number of rotatable bonds is 9. The third-order valence-corrected chi connectivity index (χ3v) is 5.99. The second-order valence-electron chi connectivity index (χ2n) is 7.70. The molecular formula is C21H28N2O5S. The largest absolute Gasteiger partial charge is 0.497 e. The molecule has 0 bridgehead atoms. The fraction of sp³-hybridized carbons (Fsp3) is 0.571. The summed E-state index contributed by atoms with van der Waals surface area (Å²) in [5.74, 6) is 0.693. The topological polar surface area (TPSA) is 86.2 Å². The molecule has 0 saturated carbocycles. The highest BCUT2D eigenvalue weighted by Crippen LogP contribution is 2.33. The monoisotopic (exact) mass is 420 g/mol. The Morgan fingerprint density at radius 3 is 2.72 bits per heavy atom. The zero-order valence-corrected chi connectivity index (χ0v) is 17.9. The number of carbonyl (C=O) groups excluding carboxylic acids is 2. The fourth-order valence-electron chi connectivity index (χ4n) is 3.20. The van der Waals surface area contributed by atoms with Crippen LogP contribution in [-0.2, 0) is 19.1 Å². The standard InChI is InChI=1S/C21H28N2O5S/c1-13(2)8-9-27-12-17-10-14(20(25)28-17)11-18-19(24)23-21(29-18)22-15-4-6-16(26-3)7-5-15/h4-7,13-14,17-18H,8-12H2,1-3H3,(H,22,23,24). The van der Waals surface area contributed by atoms with Gasteiger partial charge in [-0.05, 0) is 49.4 Å². The van der Waals surface area contributed by atoms with Crippen LogP contribution in [0.2, 0.25) is 0 Å². The third-order valence-electron chi connectivity index (χ3n) is 4.88. The molecule has 7 nitrogen and oxygen atoms in total. The van der Waals surface area contributed by atoms with E-state index >= 15 is 0 Å². The van der Waals surface area contributed by atoms with E-state index in [0.717, 1.165) is 17.9 Å². The molecule has 0 aliphatic carbocycles. The fourth-order valence-corrected chi connectivity index (χ4v) is 4.28. The average molecular weight is 421 g/mol. The van der Waals surface area contributed by atoms with Gasteiger partial charge in [0.2, 0.25) is 5.91 Å². The first-order chi connectivity index (χ1) is 13.9. The number of benzene rings is 1. The zero-order valence-electron chi connectivity index (χ0n) is 17.1. The number of cyclic esters (lactones) is 1. The Labute approximate surface area is 175 Å². The maximum Gasteiger partial charge on any atom is 0.309 e. The van der Waals surface area contributed by atoms with Crippen LogP contribution in [0.1, 0.15) is 33.1 Å². The van der Waals surface area contributed by atoms with Crippen molar-refractivity contribution in [2.24, 2.45) is 16.8 Å². The minimum Gasteiger partial charge on any atom is -0.497 e. The SMILES string of the molecule is COc1ccc(N=C2NC(=O)C(CC3CC(COCCC(C)C)OC3=O)S2)cc1. The Morgan fingerprint density at radius 2 is 2.03 bits per heavy atom. The summed E-state index contributed by atoms with van der Waals surface area (Å²) in [6.07, 6.45) is 1.80. The predicted molar refractivity (Wildman–Crippen MR) is 112 cm³/mol. The number of thioether (sulfide) groups is 1. The van der Waals surface area contributed by atoms with E-state index in [0.29, 0.717) is 37.1 Å². The number of aliphatic imine (C=N–C) groups is 1. The van der Waals surface area contributed by atoms with Crippen LogP contribution in [0.15, 0.2) is 29.3 Å². The Morgan fingerprint density at radius 1 is 1.28 bits per heavy atom. The lowest BCUT2D eigenvalue weighted by atomic mass is 9.99. The van der Waals surface area contributed by atoms with E-state index in [1.807, 2.05) is 24.3 Å². The Hall–Kier alpha value is -2.06. The number of hydrogen-bond donors (Lipinski definition) is 1. The van der Waals surface area contributed by atoms with Gasteiger partial charge < -0.3 is 19.5 Å². The van der Waals surface area contributed by atoms with Gasteiger partial charge in [-0.3, -0.25) is 9.59 Å². The number of nitrogens with one attached hydrogen (secondary N) is 1. The van der Waals surface area contributed by atoms with E-state index in [-0.39, 0.29) is 29.1 Å². The number of amidine groups is 1. The van der Waals surface area contributed by atoms with Gasteiger partial charge >= 0.3 is 5.97 Å². The summed E-state index contributed by atoms with van der Waals surface area (Å²) in [5.41, 5.74) is 0.730. The van der Waals surface area contributed by atoms with Gasteiger partial charge in [0.15, 0.2) is 5.17 Å². The number of esters is 1. The second kappa shape index (κ2) is 10.1. The lowest BCUT2D eigenvalue weighted by Crippen LogP contribution is -2.27. The Kier molecular flexibility index (Phi) is 7.55. The number of hydrogen-bond acceptors (Lipinski definition) is 7. The van der Waals surface area contributed by atoms with Crippen molar-refractivity contribution in [1.82, 2.24) is 5.32 Å². The van der Waals surface area contributed by atoms with Gasteiger partial charge in [0, 0.05) is 6.61 Å². The lowest BCUT2D eigenvalue weighted by Gasteiger charge is -2.11. The maximum absolute atomic E-state index is 12.3. The van der Waals surface area contributed by atoms with Crippen molar-refractivity contribution in [2.75, 3.05) is 20.3 Å². The van der Waals surface area contributed by atoms with Crippen LogP contribution < -0.4 is 10.1 Å². The van der Waals surface area contributed by atoms with Crippen molar-refractivity contribution in [3.8, 4) is 5.75 Å². The van der Waals surface area contributed by atoms with Crippen molar-refractivity contribution in [3.63, 3.8) is 0 Å². The van der Waals surface area contributed by atoms with E-state index in [9.17, 15) is 9.59 Å². The molecule has 2 saturated heterocycles. The van der Waals surface area contributed by atoms with Gasteiger partial charge in [-0.25, -0.2) is 4.99 Å². The van der Waals surface area contributed by atoms with E-state index in [4.69, 9.17) is 14.2 Å². The number of amides is 1. The molecule has 2 heterocycles. The van der Waals surface area contributed by atoms with Crippen molar-refractivity contribution in [2.45, 2.75) is 44.5 Å². The van der Waals surface area contributed by atoms with Crippen LogP contribution in [0.3, 0.4) is 0 Å². The highest BCUT2D eigenvalue weighted by Gasteiger charge is 2.40. The van der Waals surface area contributed by atoms with Gasteiger partial charge in [-0.2, -0.15) is 0 Å². The molecule has 2 fully saturated rings. The molecule has 158 valence electrons. The molecule has 0 aromatic heterocycles. The molecule has 2 aliphatic rings. The lowest BCUT2D eigenvalue weighted by molar-refractivity contribution is -0.146. The summed E-state index contributed by atoms with van der Waals surface area (Å²) in [6, 6.07) is 7.28. The molecule has 1 aromatic rings. The first-order valence-electron chi connectivity index (χ1n) is 9.93. The summed E-state index contributed by atoms with van der Waals surface area (Å²) < 4.78 is 16.2. The molecule has 1 aromatic carbocycles. The third kappa shape index (κ3) is 6.21. The van der Waals surface area contributed by atoms with Crippen LogP contribution in [0, 0.1) is 11.8 Å². The van der Waals surface area contributed by atoms with Gasteiger partial charge in [0.05, 0.1) is 30.6 Å². The van der Waals surface area contributed by atoms with Crippen molar-refractivity contribution in [1.29, 1.82) is 0 Å². The molecule has 0 radical (unpaired) electrons. The quantitative estimate of drug-likeness (QED) is 0.487. The van der Waals surface area contributed by atoms with Crippen molar-refractivity contribution >= 4 is 34.5 Å². The normalized spacial score (nSPS) is 25.5. The van der Waals surface area contributed by atoms with Gasteiger partial charge in [0.25, 0.3) is 0 Å². The molecule has 1 N–H and O–H groups in total. The minimum absolute atomic E-state index is 0.119. The molecule has 29 heavy (non-hydrogen) atoms. The second-order valence-corrected chi connectivity index (χ2v) is 8.89. The van der Waals surface area contributed by atoms with E-state index in [1.165, 1.54) is 11.8 Å². The first kappa shape index (κ1) is 21.6. The summed E-state index contributed by atoms with van der Waals surface area (Å²) in [6.45, 7) is 5.38. The van der Waals surface area contributed by atoms with E-state index < -0.39 is 0 Å². The Bertz CT molecular complexity index is 750. The number of ether oxygens (including phenoxy) is 3. The average Bonchev–Trinajstić information content (AvgIpc) is 3.21. The highest BCUT2D eigenvalue weighted by molar-refractivity contribution is 8.15. The molecule has 8 heteroatoms. The summed E-state index contributed by atoms with van der Waals surface area (Å²) in [5, 5.41) is 3.00. The van der Waals surface area contributed by atoms with Crippen LogP contribution in [0.25, 0.3) is 0 Å². The van der Waals surface area contributed by atoms with Gasteiger partial charge in [-0.1, -0.05) is 25.6 Å². The van der Waals surface area contributed by atoms with Crippen LogP contribution in [0.4, 0.5) is 5.69 Å². The number of methoxy groups -OCH3 is 1. The van der Waals surface area contributed by atoms with Gasteiger partial charge in [-0.15, -0.1) is 0 Å². The molecule has 0 spiro atoms. The van der Waals surface area contributed by atoms with E-state index in [2.05, 4.69) is 24.2 Å². The number of carbonyl (C=O) groups is 2. The van der Waals surface area contributed by atoms with Gasteiger partial charge in [0.1, 0.15) is 11.9 Å². The maximum atomic E-state index is 12.3. The number of nitrogens with zero attached hydrogens (tertiary/aromatic N) is 1. The van der Waals surface area contributed by atoms with Crippen molar-refractivity contribution < 1.29 is 23.8 Å². The molecule has 1 amide bonds. The zero-order chi connectivity index (χ0) is 20.8. The van der Waals surface area contributed by atoms with Crippen LogP contribution >= 0.6 is 11.8 Å². The van der Waals surface area contributed by atoms with Crippen molar-refractivity contribution in [3.05, 3.63) is 24.3 Å². The summed E-state index contributed by atoms with van der Waals surface area (Å²) in [4.78, 5) is 29.0. The molecule has 2 aliphatic heterocycles. The molecule has 3 unspecified atom stereocenters. The smallest absolute Gasteiger partial charge is 0.309 e. The summed E-state index contributed by atoms with van der Waals surface area (Å²) >= 11 is 1.36. The van der Waals surface area contributed by atoms with Crippen LogP contribution in [-0.4, -0.2) is 48.7 Å².